The van der Waals surface area contributed by atoms with E-state index >= 15 is 0 Å². The fourth-order valence-corrected chi connectivity index (χ4v) is 3.86. The van der Waals surface area contributed by atoms with E-state index < -0.39 is 17.3 Å². The predicted molar refractivity (Wildman–Crippen MR) is 102 cm³/mol. The number of thiophene rings is 1. The van der Waals surface area contributed by atoms with E-state index in [1.54, 1.807) is 12.1 Å². The van der Waals surface area contributed by atoms with Crippen molar-refractivity contribution >= 4 is 27.5 Å². The number of rotatable bonds is 4. The minimum absolute atomic E-state index is 0.0693. The lowest BCUT2D eigenvalue weighted by molar-refractivity contribution is 0.0699. The van der Waals surface area contributed by atoms with Crippen LogP contribution in [0.5, 0.6) is 0 Å². The number of carboxylic acid groups (broad SMARTS) is 1. The number of hydrogen-bond acceptors (Lipinski definition) is 4. The first kappa shape index (κ1) is 17.1. The van der Waals surface area contributed by atoms with Gasteiger partial charge in [-0.1, -0.05) is 42.5 Å². The van der Waals surface area contributed by atoms with Crippen molar-refractivity contribution in [3.8, 4) is 11.4 Å². The highest BCUT2D eigenvalue weighted by Crippen LogP contribution is 2.26. The van der Waals surface area contributed by atoms with E-state index in [1.165, 1.54) is 22.1 Å². The molecule has 0 radical (unpaired) electrons. The minimum Gasteiger partial charge on any atom is -0.478 e. The van der Waals surface area contributed by atoms with Crippen LogP contribution >= 0.6 is 11.3 Å². The highest BCUT2D eigenvalue weighted by molar-refractivity contribution is 7.17. The standard InChI is InChI=1S/C20H13FN2O3S/c21-14-8-4-5-12(9-14)10-23-17(13-6-2-1-3-7-13)22-18-16(19(23)24)15(11-27-18)20(25)26/h1-9,11H,10H2,(H,25,26). The average Bonchev–Trinajstić information content (AvgIpc) is 3.09. The molecule has 5 nitrogen and oxygen atoms in total. The van der Waals surface area contributed by atoms with E-state index in [0.29, 0.717) is 16.2 Å². The molecule has 2 aromatic carbocycles. The van der Waals surface area contributed by atoms with Crippen LogP contribution in [0.25, 0.3) is 21.6 Å². The van der Waals surface area contributed by atoms with E-state index in [0.717, 1.165) is 16.9 Å². The Kier molecular flexibility index (Phi) is 4.29. The smallest absolute Gasteiger partial charge is 0.337 e. The van der Waals surface area contributed by atoms with E-state index in [4.69, 9.17) is 0 Å². The third kappa shape index (κ3) is 3.13. The van der Waals surface area contributed by atoms with Gasteiger partial charge in [0.1, 0.15) is 16.5 Å². The average molecular weight is 380 g/mol. The van der Waals surface area contributed by atoms with Crippen molar-refractivity contribution in [1.82, 2.24) is 9.55 Å². The molecule has 1 N–H and O–H groups in total. The largest absolute Gasteiger partial charge is 0.478 e. The molecule has 0 atom stereocenters. The molecule has 0 bridgehead atoms. The Morgan fingerprint density at radius 1 is 1.15 bits per heavy atom. The Labute approximate surface area is 157 Å². The maximum absolute atomic E-state index is 13.6. The van der Waals surface area contributed by atoms with E-state index in [9.17, 15) is 19.1 Å². The zero-order chi connectivity index (χ0) is 19.0. The van der Waals surface area contributed by atoms with Gasteiger partial charge in [0.25, 0.3) is 5.56 Å². The lowest BCUT2D eigenvalue weighted by atomic mass is 10.1. The SMILES string of the molecule is O=C(O)c1csc2nc(-c3ccccc3)n(Cc3cccc(F)c3)c(=O)c12. The molecule has 7 heteroatoms. The topological polar surface area (TPSA) is 72.2 Å². The molecule has 2 aromatic heterocycles. The zero-order valence-electron chi connectivity index (χ0n) is 13.9. The molecule has 4 rings (SSSR count). The molecule has 0 spiro atoms. The Hall–Kier alpha value is -3.32. The minimum atomic E-state index is -1.18. The first-order valence-corrected chi connectivity index (χ1v) is 8.98. The van der Waals surface area contributed by atoms with E-state index in [1.807, 2.05) is 30.3 Å². The van der Waals surface area contributed by atoms with Crippen LogP contribution in [0.15, 0.2) is 64.8 Å². The number of nitrogens with zero attached hydrogens (tertiary/aromatic N) is 2. The molecular weight excluding hydrogens is 367 g/mol. The van der Waals surface area contributed by atoms with Crippen LogP contribution in [-0.2, 0) is 6.54 Å². The van der Waals surface area contributed by atoms with Gasteiger partial charge in [0.15, 0.2) is 0 Å². The molecule has 0 amide bonds. The molecule has 134 valence electrons. The van der Waals surface area contributed by atoms with Crippen LogP contribution < -0.4 is 5.56 Å². The molecule has 0 saturated carbocycles. The number of carbonyl (C=O) groups is 1. The molecule has 0 aliphatic heterocycles. The maximum atomic E-state index is 13.6. The number of benzene rings is 2. The number of halogens is 1. The van der Waals surface area contributed by atoms with Crippen LogP contribution in [0.1, 0.15) is 15.9 Å². The number of aromatic nitrogens is 2. The van der Waals surface area contributed by atoms with Crippen LogP contribution in [0.3, 0.4) is 0 Å². The highest BCUT2D eigenvalue weighted by atomic mass is 32.1. The van der Waals surface area contributed by atoms with Gasteiger partial charge in [-0.25, -0.2) is 14.2 Å². The molecule has 4 aromatic rings. The fourth-order valence-electron chi connectivity index (χ4n) is 2.95. The molecule has 0 aliphatic carbocycles. The van der Waals surface area contributed by atoms with Crippen molar-refractivity contribution in [2.24, 2.45) is 0 Å². The Morgan fingerprint density at radius 2 is 1.93 bits per heavy atom. The Balaban J connectivity index is 2.00. The molecule has 0 unspecified atom stereocenters. The van der Waals surface area contributed by atoms with Gasteiger partial charge in [0.05, 0.1) is 17.5 Å². The summed E-state index contributed by atoms with van der Waals surface area (Å²) in [5, 5.41) is 10.9. The summed E-state index contributed by atoms with van der Waals surface area (Å²) < 4.78 is 15.0. The van der Waals surface area contributed by atoms with Crippen molar-refractivity contribution in [2.45, 2.75) is 6.54 Å². The van der Waals surface area contributed by atoms with Gasteiger partial charge in [-0.2, -0.15) is 0 Å². The number of aromatic carboxylic acids is 1. The second-order valence-electron chi connectivity index (χ2n) is 5.96. The number of fused-ring (bicyclic) bond motifs is 1. The summed E-state index contributed by atoms with van der Waals surface area (Å²) >= 11 is 1.12. The van der Waals surface area contributed by atoms with Gasteiger partial charge in [0, 0.05) is 10.9 Å². The third-order valence-corrected chi connectivity index (χ3v) is 5.06. The second kappa shape index (κ2) is 6.77. The molecule has 27 heavy (non-hydrogen) atoms. The molecule has 0 saturated heterocycles. The van der Waals surface area contributed by atoms with Gasteiger partial charge >= 0.3 is 5.97 Å². The first-order chi connectivity index (χ1) is 13.0. The maximum Gasteiger partial charge on any atom is 0.337 e. The summed E-state index contributed by atoms with van der Waals surface area (Å²) in [6, 6.07) is 15.1. The monoisotopic (exact) mass is 380 g/mol. The second-order valence-corrected chi connectivity index (χ2v) is 6.82. The lowest BCUT2D eigenvalue weighted by Crippen LogP contribution is -2.24. The summed E-state index contributed by atoms with van der Waals surface area (Å²) in [6.07, 6.45) is 0. The summed E-state index contributed by atoms with van der Waals surface area (Å²) in [4.78, 5) is 29.6. The third-order valence-electron chi connectivity index (χ3n) is 4.19. The quantitative estimate of drug-likeness (QED) is 0.581. The Morgan fingerprint density at radius 3 is 2.63 bits per heavy atom. The fraction of sp³-hybridized carbons (Fsp3) is 0.0500. The molecule has 0 aliphatic rings. The van der Waals surface area contributed by atoms with Crippen molar-refractivity contribution in [3.05, 3.63) is 87.3 Å². The van der Waals surface area contributed by atoms with Crippen LogP contribution in [0.4, 0.5) is 4.39 Å². The highest BCUT2D eigenvalue weighted by Gasteiger charge is 2.20. The van der Waals surface area contributed by atoms with Gasteiger partial charge in [-0.05, 0) is 17.7 Å². The molecular formula is C20H13FN2O3S. The predicted octanol–water partition coefficient (Wildman–Crippen LogP) is 4.01. The van der Waals surface area contributed by atoms with E-state index in [2.05, 4.69) is 4.98 Å². The molecule has 0 fully saturated rings. The van der Waals surface area contributed by atoms with Crippen molar-refractivity contribution in [3.63, 3.8) is 0 Å². The van der Waals surface area contributed by atoms with Crippen LogP contribution in [0, 0.1) is 5.82 Å². The summed E-state index contributed by atoms with van der Waals surface area (Å²) in [7, 11) is 0. The lowest BCUT2D eigenvalue weighted by Gasteiger charge is -2.13. The summed E-state index contributed by atoms with van der Waals surface area (Å²) in [5.41, 5.74) is 0.780. The molecule has 2 heterocycles. The van der Waals surface area contributed by atoms with Gasteiger partial charge < -0.3 is 5.11 Å². The normalized spacial score (nSPS) is 11.0. The summed E-state index contributed by atoms with van der Waals surface area (Å²) in [5.74, 6) is -1.17. The van der Waals surface area contributed by atoms with Crippen LogP contribution in [-0.4, -0.2) is 20.6 Å². The van der Waals surface area contributed by atoms with Gasteiger partial charge in [-0.3, -0.25) is 9.36 Å². The zero-order valence-corrected chi connectivity index (χ0v) is 14.7. The van der Waals surface area contributed by atoms with Crippen molar-refractivity contribution in [2.75, 3.05) is 0 Å². The van der Waals surface area contributed by atoms with Crippen molar-refractivity contribution in [1.29, 1.82) is 0 Å². The Bertz CT molecular complexity index is 1220. The number of hydrogen-bond donors (Lipinski definition) is 1. The van der Waals surface area contributed by atoms with Crippen LogP contribution in [0.2, 0.25) is 0 Å². The summed E-state index contributed by atoms with van der Waals surface area (Å²) in [6.45, 7) is 0.0820. The van der Waals surface area contributed by atoms with E-state index in [-0.39, 0.29) is 17.5 Å². The van der Waals surface area contributed by atoms with Crippen molar-refractivity contribution < 1.29 is 14.3 Å². The van der Waals surface area contributed by atoms with Gasteiger partial charge in [0.2, 0.25) is 0 Å². The first-order valence-electron chi connectivity index (χ1n) is 8.10. The number of carboxylic acids is 1. The van der Waals surface area contributed by atoms with Gasteiger partial charge in [-0.15, -0.1) is 11.3 Å².